The summed E-state index contributed by atoms with van der Waals surface area (Å²) in [6.07, 6.45) is 1.72. The van der Waals surface area contributed by atoms with Crippen LogP contribution >= 0.6 is 0 Å². The average molecular weight is 441 g/mol. The topological polar surface area (TPSA) is 75.7 Å². The lowest BCUT2D eigenvalue weighted by molar-refractivity contribution is -0.122. The minimum Gasteiger partial charge on any atom is -0.435 e. The van der Waals surface area contributed by atoms with Gasteiger partial charge in [-0.1, -0.05) is 24.3 Å². The molecule has 1 N–H and O–H groups in total. The van der Waals surface area contributed by atoms with Gasteiger partial charge in [0.05, 0.1) is 11.4 Å². The van der Waals surface area contributed by atoms with Crippen molar-refractivity contribution < 1.29 is 26.7 Å². The van der Waals surface area contributed by atoms with E-state index in [1.54, 1.807) is 36.4 Å². The number of ether oxygens (including phenoxy) is 1. The highest BCUT2D eigenvalue weighted by Crippen LogP contribution is 2.20. The Bertz CT molecular complexity index is 932. The van der Waals surface area contributed by atoms with Crippen molar-refractivity contribution in [3.8, 4) is 5.75 Å². The van der Waals surface area contributed by atoms with Gasteiger partial charge in [-0.15, -0.1) is 0 Å². The van der Waals surface area contributed by atoms with Crippen molar-refractivity contribution in [3.05, 3.63) is 59.7 Å². The number of amides is 1. The summed E-state index contributed by atoms with van der Waals surface area (Å²) in [5.41, 5.74) is 1.80. The van der Waals surface area contributed by atoms with Gasteiger partial charge in [-0.25, -0.2) is 8.42 Å². The van der Waals surface area contributed by atoms with E-state index in [9.17, 15) is 22.0 Å². The van der Waals surface area contributed by atoms with Gasteiger partial charge in [0.1, 0.15) is 5.75 Å². The highest BCUT2D eigenvalue weighted by atomic mass is 32.2. The highest BCUT2D eigenvalue weighted by molar-refractivity contribution is 7.90. The van der Waals surface area contributed by atoms with Crippen LogP contribution in [-0.2, 0) is 21.1 Å². The first-order valence-electron chi connectivity index (χ1n) is 9.37. The van der Waals surface area contributed by atoms with Crippen LogP contribution in [0.25, 0.3) is 0 Å². The Morgan fingerprint density at radius 2 is 1.70 bits per heavy atom. The minimum absolute atomic E-state index is 0.0771. The Kier molecular flexibility index (Phi) is 8.31. The molecule has 0 saturated carbocycles. The number of sulfone groups is 1. The Labute approximate surface area is 175 Å². The van der Waals surface area contributed by atoms with E-state index in [1.165, 1.54) is 12.1 Å². The zero-order chi connectivity index (χ0) is 22.3. The molecular formula is C21H26F2N2O4S. The van der Waals surface area contributed by atoms with Crippen molar-refractivity contribution >= 4 is 15.7 Å². The zero-order valence-electron chi connectivity index (χ0n) is 17.1. The largest absolute Gasteiger partial charge is 0.435 e. The quantitative estimate of drug-likeness (QED) is 0.615. The van der Waals surface area contributed by atoms with Gasteiger partial charge in [0, 0.05) is 18.8 Å². The lowest BCUT2D eigenvalue weighted by atomic mass is 10.1. The molecule has 0 radical (unpaired) electrons. The molecule has 0 fully saturated rings. The molecule has 1 unspecified atom stereocenters. The van der Waals surface area contributed by atoms with Gasteiger partial charge in [-0.2, -0.15) is 8.78 Å². The number of carbonyl (C=O) groups excluding carboxylic acids is 1. The van der Waals surface area contributed by atoms with E-state index in [1.807, 2.05) is 18.9 Å². The van der Waals surface area contributed by atoms with Gasteiger partial charge in [-0.3, -0.25) is 9.69 Å². The first kappa shape index (κ1) is 23.8. The van der Waals surface area contributed by atoms with Crippen LogP contribution in [0.5, 0.6) is 5.75 Å². The SMILES string of the molecule is CC(c1ccc(S(C)(=O)=O)cc1)N(C)CC(=O)NCCc1ccc(OC(F)F)cc1. The molecule has 0 aliphatic rings. The van der Waals surface area contributed by atoms with Crippen LogP contribution in [0, 0.1) is 0 Å². The fourth-order valence-electron chi connectivity index (χ4n) is 2.85. The van der Waals surface area contributed by atoms with E-state index in [-0.39, 0.29) is 29.1 Å². The molecule has 0 spiro atoms. The zero-order valence-corrected chi connectivity index (χ0v) is 18.0. The number of rotatable bonds is 10. The molecule has 2 rings (SSSR count). The Hall–Kier alpha value is -2.52. The van der Waals surface area contributed by atoms with Crippen molar-refractivity contribution in [2.75, 3.05) is 26.4 Å². The first-order chi connectivity index (χ1) is 14.1. The van der Waals surface area contributed by atoms with E-state index in [4.69, 9.17) is 0 Å². The molecule has 0 bridgehead atoms. The molecule has 1 atom stereocenters. The molecule has 6 nitrogen and oxygen atoms in total. The van der Waals surface area contributed by atoms with E-state index in [2.05, 4.69) is 10.1 Å². The van der Waals surface area contributed by atoms with Gasteiger partial charge in [0.2, 0.25) is 5.91 Å². The number of likely N-dealkylation sites (N-methyl/N-ethyl adjacent to an activating group) is 1. The Balaban J connectivity index is 1.79. The summed E-state index contributed by atoms with van der Waals surface area (Å²) in [5, 5.41) is 2.83. The van der Waals surface area contributed by atoms with Crippen molar-refractivity contribution in [1.82, 2.24) is 10.2 Å². The molecule has 0 saturated heterocycles. The van der Waals surface area contributed by atoms with Crippen LogP contribution in [0.2, 0.25) is 0 Å². The molecule has 9 heteroatoms. The smallest absolute Gasteiger partial charge is 0.387 e. The third-order valence-corrected chi connectivity index (χ3v) is 5.86. The van der Waals surface area contributed by atoms with Crippen LogP contribution in [0.15, 0.2) is 53.4 Å². The summed E-state index contributed by atoms with van der Waals surface area (Å²) < 4.78 is 51.7. The summed E-state index contributed by atoms with van der Waals surface area (Å²) in [4.78, 5) is 14.3. The van der Waals surface area contributed by atoms with E-state index < -0.39 is 16.4 Å². The molecule has 164 valence electrons. The Morgan fingerprint density at radius 1 is 1.10 bits per heavy atom. The Morgan fingerprint density at radius 3 is 2.23 bits per heavy atom. The third kappa shape index (κ3) is 7.38. The van der Waals surface area contributed by atoms with Gasteiger partial charge < -0.3 is 10.1 Å². The summed E-state index contributed by atoms with van der Waals surface area (Å²) in [6, 6.07) is 12.8. The van der Waals surface area contributed by atoms with Crippen LogP contribution < -0.4 is 10.1 Å². The fraction of sp³-hybridized carbons (Fsp3) is 0.381. The van der Waals surface area contributed by atoms with Crippen molar-refractivity contribution in [2.24, 2.45) is 0 Å². The van der Waals surface area contributed by atoms with Crippen molar-refractivity contribution in [3.63, 3.8) is 0 Å². The van der Waals surface area contributed by atoms with Crippen molar-refractivity contribution in [1.29, 1.82) is 0 Å². The van der Waals surface area contributed by atoms with Crippen LogP contribution in [0.4, 0.5) is 8.78 Å². The van der Waals surface area contributed by atoms with Gasteiger partial charge >= 0.3 is 6.61 Å². The van der Waals surface area contributed by atoms with E-state index in [0.717, 1.165) is 17.4 Å². The monoisotopic (exact) mass is 440 g/mol. The molecule has 0 aliphatic heterocycles. The highest BCUT2D eigenvalue weighted by Gasteiger charge is 2.16. The lowest BCUT2D eigenvalue weighted by Gasteiger charge is -2.24. The predicted molar refractivity (Wildman–Crippen MR) is 110 cm³/mol. The fourth-order valence-corrected chi connectivity index (χ4v) is 3.48. The van der Waals surface area contributed by atoms with Crippen LogP contribution in [-0.4, -0.2) is 52.2 Å². The maximum atomic E-state index is 12.2. The number of carbonyl (C=O) groups is 1. The van der Waals surface area contributed by atoms with Crippen LogP contribution in [0.1, 0.15) is 24.1 Å². The number of hydrogen-bond donors (Lipinski definition) is 1. The average Bonchev–Trinajstić information content (AvgIpc) is 2.67. The number of hydrogen-bond acceptors (Lipinski definition) is 5. The van der Waals surface area contributed by atoms with E-state index >= 15 is 0 Å². The predicted octanol–water partition coefficient (Wildman–Crippen LogP) is 3.04. The normalized spacial score (nSPS) is 12.8. The second kappa shape index (κ2) is 10.5. The standard InChI is InChI=1S/C21H26F2N2O4S/c1-15(17-6-10-19(11-7-17)30(3,27)28)25(2)14-20(26)24-13-12-16-4-8-18(9-5-16)29-21(22)23/h4-11,15,21H,12-14H2,1-3H3,(H,24,26). The summed E-state index contributed by atoms with van der Waals surface area (Å²) in [6.45, 7) is -0.326. The number of benzene rings is 2. The summed E-state index contributed by atoms with van der Waals surface area (Å²) >= 11 is 0. The summed E-state index contributed by atoms with van der Waals surface area (Å²) in [7, 11) is -1.43. The molecule has 0 heterocycles. The maximum absolute atomic E-state index is 12.2. The molecule has 2 aromatic carbocycles. The number of halogens is 2. The molecule has 0 aliphatic carbocycles. The first-order valence-corrected chi connectivity index (χ1v) is 11.3. The van der Waals surface area contributed by atoms with Crippen molar-refractivity contribution in [2.45, 2.75) is 30.9 Å². The third-order valence-electron chi connectivity index (χ3n) is 4.73. The number of nitrogens with zero attached hydrogens (tertiary/aromatic N) is 1. The van der Waals surface area contributed by atoms with E-state index in [0.29, 0.717) is 13.0 Å². The second-order valence-corrected chi connectivity index (χ2v) is 9.07. The number of nitrogens with one attached hydrogen (secondary N) is 1. The number of alkyl halides is 2. The second-order valence-electron chi connectivity index (χ2n) is 7.05. The molecule has 0 aromatic heterocycles. The lowest BCUT2D eigenvalue weighted by Crippen LogP contribution is -2.37. The van der Waals surface area contributed by atoms with Gasteiger partial charge in [0.25, 0.3) is 0 Å². The molecular weight excluding hydrogens is 414 g/mol. The molecule has 1 amide bonds. The molecule has 30 heavy (non-hydrogen) atoms. The van der Waals surface area contributed by atoms with Crippen LogP contribution in [0.3, 0.4) is 0 Å². The van der Waals surface area contributed by atoms with Gasteiger partial charge in [-0.05, 0) is 55.8 Å². The maximum Gasteiger partial charge on any atom is 0.387 e. The summed E-state index contributed by atoms with van der Waals surface area (Å²) in [5.74, 6) is -0.0484. The minimum atomic E-state index is -3.24. The van der Waals surface area contributed by atoms with Gasteiger partial charge in [0.15, 0.2) is 9.84 Å². The molecule has 2 aromatic rings.